The van der Waals surface area contributed by atoms with Crippen LogP contribution in [0.15, 0.2) is 0 Å². The summed E-state index contributed by atoms with van der Waals surface area (Å²) in [7, 11) is 0. The number of unbranched alkanes of at least 4 members (excludes halogenated alkanes) is 5. The van der Waals surface area contributed by atoms with Gasteiger partial charge in [-0.15, -0.1) is 0 Å². The lowest BCUT2D eigenvalue weighted by atomic mass is 9.90. The molecule has 0 aromatic rings. The number of carbonyl (C=O) groups is 1. The molecule has 0 aliphatic rings. The highest BCUT2D eigenvalue weighted by atomic mass is 16.3. The minimum Gasteiger partial charge on any atom is -0.392 e. The highest BCUT2D eigenvalue weighted by Crippen LogP contribution is 2.18. The summed E-state index contributed by atoms with van der Waals surface area (Å²) in [5.41, 5.74) is 0. The van der Waals surface area contributed by atoms with Crippen molar-refractivity contribution >= 4 is 6.29 Å². The molecule has 0 amide bonds. The zero-order valence-electron chi connectivity index (χ0n) is 11.1. The van der Waals surface area contributed by atoms with Crippen molar-refractivity contribution in [2.45, 2.75) is 71.8 Å². The number of hydrogen-bond donors (Lipinski definition) is 1. The third-order valence-electron chi connectivity index (χ3n) is 3.19. The lowest BCUT2D eigenvalue weighted by Crippen LogP contribution is -2.27. The standard InChI is InChI=1S/C14H28O2/c1-4-5-6-7-8-9-10-13(11-15)14(16)12(2)3/h11-14,16H,4-10H2,1-3H3/t13-,14+/m0/s1. The quantitative estimate of drug-likeness (QED) is 0.458. The molecule has 1 N–H and O–H groups in total. The van der Waals surface area contributed by atoms with Crippen LogP contribution in [0.4, 0.5) is 0 Å². The summed E-state index contributed by atoms with van der Waals surface area (Å²) in [4.78, 5) is 10.9. The maximum absolute atomic E-state index is 10.9. The van der Waals surface area contributed by atoms with Crippen LogP contribution >= 0.6 is 0 Å². The Hall–Kier alpha value is -0.370. The molecule has 0 bridgehead atoms. The summed E-state index contributed by atoms with van der Waals surface area (Å²) in [5.74, 6) is 0.0152. The van der Waals surface area contributed by atoms with Gasteiger partial charge in [-0.05, 0) is 12.3 Å². The fourth-order valence-electron chi connectivity index (χ4n) is 1.97. The second-order valence-electron chi connectivity index (χ2n) is 5.09. The first-order valence-corrected chi connectivity index (χ1v) is 6.76. The highest BCUT2D eigenvalue weighted by Gasteiger charge is 2.20. The third kappa shape index (κ3) is 7.00. The number of carbonyl (C=O) groups excluding carboxylic acids is 1. The first-order chi connectivity index (χ1) is 7.63. The van der Waals surface area contributed by atoms with Crippen LogP contribution in [0.5, 0.6) is 0 Å². The van der Waals surface area contributed by atoms with Crippen molar-refractivity contribution in [3.63, 3.8) is 0 Å². The van der Waals surface area contributed by atoms with Gasteiger partial charge in [-0.2, -0.15) is 0 Å². The molecule has 2 nitrogen and oxygen atoms in total. The topological polar surface area (TPSA) is 37.3 Å². The van der Waals surface area contributed by atoms with Gasteiger partial charge in [0, 0.05) is 5.92 Å². The van der Waals surface area contributed by atoms with E-state index in [1.165, 1.54) is 32.1 Å². The third-order valence-corrected chi connectivity index (χ3v) is 3.19. The van der Waals surface area contributed by atoms with E-state index >= 15 is 0 Å². The van der Waals surface area contributed by atoms with Gasteiger partial charge >= 0.3 is 0 Å². The predicted octanol–water partition coefficient (Wildman–Crippen LogP) is 3.57. The minimum atomic E-state index is -0.465. The lowest BCUT2D eigenvalue weighted by molar-refractivity contribution is -0.115. The van der Waals surface area contributed by atoms with Crippen LogP contribution in [-0.2, 0) is 4.79 Å². The normalized spacial score (nSPS) is 15.1. The molecule has 0 saturated heterocycles. The van der Waals surface area contributed by atoms with Crippen molar-refractivity contribution in [3.8, 4) is 0 Å². The van der Waals surface area contributed by atoms with E-state index in [4.69, 9.17) is 0 Å². The van der Waals surface area contributed by atoms with Crippen molar-refractivity contribution in [3.05, 3.63) is 0 Å². The van der Waals surface area contributed by atoms with Crippen molar-refractivity contribution < 1.29 is 9.90 Å². The van der Waals surface area contributed by atoms with Gasteiger partial charge in [-0.1, -0.05) is 59.3 Å². The lowest BCUT2D eigenvalue weighted by Gasteiger charge is -2.20. The molecule has 0 aliphatic carbocycles. The second-order valence-corrected chi connectivity index (χ2v) is 5.09. The molecule has 16 heavy (non-hydrogen) atoms. The van der Waals surface area contributed by atoms with E-state index in [9.17, 15) is 9.90 Å². The number of rotatable bonds is 10. The molecule has 0 fully saturated rings. The molecule has 0 aromatic heterocycles. The van der Waals surface area contributed by atoms with Gasteiger partial charge in [0.25, 0.3) is 0 Å². The zero-order chi connectivity index (χ0) is 12.4. The molecule has 0 aliphatic heterocycles. The van der Waals surface area contributed by atoms with Crippen molar-refractivity contribution in [1.82, 2.24) is 0 Å². The Morgan fingerprint density at radius 1 is 1.06 bits per heavy atom. The average molecular weight is 228 g/mol. The molecule has 0 spiro atoms. The van der Waals surface area contributed by atoms with Crippen LogP contribution in [0.3, 0.4) is 0 Å². The number of aliphatic hydroxyl groups is 1. The van der Waals surface area contributed by atoms with Gasteiger partial charge in [-0.3, -0.25) is 0 Å². The molecule has 0 heterocycles. The van der Waals surface area contributed by atoms with Crippen molar-refractivity contribution in [2.75, 3.05) is 0 Å². The second kappa shape index (κ2) is 9.83. The fourth-order valence-corrected chi connectivity index (χ4v) is 1.97. The van der Waals surface area contributed by atoms with Gasteiger partial charge in [-0.25, -0.2) is 0 Å². The van der Waals surface area contributed by atoms with Crippen LogP contribution in [0.2, 0.25) is 0 Å². The van der Waals surface area contributed by atoms with Crippen LogP contribution in [0, 0.1) is 11.8 Å². The van der Waals surface area contributed by atoms with Crippen LogP contribution in [0.1, 0.15) is 65.7 Å². The van der Waals surface area contributed by atoms with E-state index in [-0.39, 0.29) is 11.8 Å². The van der Waals surface area contributed by atoms with E-state index < -0.39 is 6.10 Å². The molecule has 0 aromatic carbocycles. The van der Waals surface area contributed by atoms with Gasteiger partial charge < -0.3 is 9.90 Å². The van der Waals surface area contributed by atoms with E-state index in [0.717, 1.165) is 19.1 Å². The Morgan fingerprint density at radius 3 is 2.12 bits per heavy atom. The summed E-state index contributed by atoms with van der Waals surface area (Å²) in [6, 6.07) is 0. The minimum absolute atomic E-state index is 0.161. The smallest absolute Gasteiger partial charge is 0.125 e. The molecule has 2 heteroatoms. The van der Waals surface area contributed by atoms with E-state index in [2.05, 4.69) is 6.92 Å². The summed E-state index contributed by atoms with van der Waals surface area (Å²) in [5, 5.41) is 9.80. The molecule has 2 atom stereocenters. The predicted molar refractivity (Wildman–Crippen MR) is 68.4 cm³/mol. The fraction of sp³-hybridized carbons (Fsp3) is 0.929. The Morgan fingerprint density at radius 2 is 1.62 bits per heavy atom. The number of hydrogen-bond acceptors (Lipinski definition) is 2. The molecular weight excluding hydrogens is 200 g/mol. The first-order valence-electron chi connectivity index (χ1n) is 6.76. The Labute approximate surface area is 100 Å². The molecule has 0 radical (unpaired) electrons. The van der Waals surface area contributed by atoms with Gasteiger partial charge in [0.2, 0.25) is 0 Å². The largest absolute Gasteiger partial charge is 0.392 e. The summed E-state index contributed by atoms with van der Waals surface area (Å²) >= 11 is 0. The Balaban J connectivity index is 3.59. The van der Waals surface area contributed by atoms with E-state index in [1.807, 2.05) is 13.8 Å². The summed E-state index contributed by atoms with van der Waals surface area (Å²) in [6.07, 6.45) is 8.70. The highest BCUT2D eigenvalue weighted by molar-refractivity contribution is 5.54. The number of aliphatic hydroxyl groups excluding tert-OH is 1. The molecule has 0 unspecified atom stereocenters. The SMILES string of the molecule is CCCCCCCC[C@@H](C=O)[C@H](O)C(C)C. The molecule has 0 rings (SSSR count). The van der Waals surface area contributed by atoms with E-state index in [0.29, 0.717) is 0 Å². The van der Waals surface area contributed by atoms with Crippen molar-refractivity contribution in [2.24, 2.45) is 11.8 Å². The van der Waals surface area contributed by atoms with E-state index in [1.54, 1.807) is 0 Å². The molecular formula is C14H28O2. The summed E-state index contributed by atoms with van der Waals surface area (Å²) in [6.45, 7) is 6.13. The first kappa shape index (κ1) is 15.6. The van der Waals surface area contributed by atoms with Gasteiger partial charge in [0.1, 0.15) is 6.29 Å². The van der Waals surface area contributed by atoms with Gasteiger partial charge in [0.05, 0.1) is 6.10 Å². The maximum atomic E-state index is 10.9. The maximum Gasteiger partial charge on any atom is 0.125 e. The van der Waals surface area contributed by atoms with Crippen LogP contribution in [0.25, 0.3) is 0 Å². The Kier molecular flexibility index (Phi) is 9.60. The summed E-state index contributed by atoms with van der Waals surface area (Å²) < 4.78 is 0. The monoisotopic (exact) mass is 228 g/mol. The zero-order valence-corrected chi connectivity index (χ0v) is 11.1. The van der Waals surface area contributed by atoms with Crippen LogP contribution < -0.4 is 0 Å². The molecule has 96 valence electrons. The molecule has 0 saturated carbocycles. The van der Waals surface area contributed by atoms with Crippen molar-refractivity contribution in [1.29, 1.82) is 0 Å². The Bertz CT molecular complexity index is 166. The van der Waals surface area contributed by atoms with Crippen LogP contribution in [-0.4, -0.2) is 17.5 Å². The van der Waals surface area contributed by atoms with Gasteiger partial charge in [0.15, 0.2) is 0 Å². The number of aldehydes is 1. The average Bonchev–Trinajstić information content (AvgIpc) is 2.27.